The highest BCUT2D eigenvalue weighted by molar-refractivity contribution is 9.10. The number of nitrogens with one attached hydrogen (secondary N) is 1. The van der Waals surface area contributed by atoms with E-state index in [0.29, 0.717) is 12.3 Å². The average molecular weight is 281 g/mol. The summed E-state index contributed by atoms with van der Waals surface area (Å²) < 4.78 is 1.11. The van der Waals surface area contributed by atoms with Crippen LogP contribution < -0.4 is 5.73 Å². The van der Waals surface area contributed by atoms with Crippen LogP contribution in [0.5, 0.6) is 0 Å². The quantitative estimate of drug-likeness (QED) is 0.645. The molecule has 0 aliphatic heterocycles. The molecule has 1 aromatic carbocycles. The van der Waals surface area contributed by atoms with E-state index >= 15 is 0 Å². The second kappa shape index (κ2) is 4.58. The Labute approximate surface area is 105 Å². The smallest absolute Gasteiger partial charge is 0.0914 e. The topological polar surface area (TPSA) is 49.9 Å². The first-order valence-electron chi connectivity index (χ1n) is 5.71. The Kier molecular flexibility index (Phi) is 3.33. The van der Waals surface area contributed by atoms with Crippen LogP contribution in [-0.2, 0) is 5.41 Å². The second-order valence-electron chi connectivity index (χ2n) is 4.70. The Morgan fingerprint density at radius 2 is 2.06 bits per heavy atom. The molecule has 86 valence electrons. The predicted molar refractivity (Wildman–Crippen MR) is 70.8 cm³/mol. The summed E-state index contributed by atoms with van der Waals surface area (Å²) >= 11 is 3.51. The lowest BCUT2D eigenvalue weighted by molar-refractivity contribution is 0.456. The number of benzene rings is 1. The molecule has 16 heavy (non-hydrogen) atoms. The van der Waals surface area contributed by atoms with E-state index < -0.39 is 0 Å². The molecule has 1 fully saturated rings. The molecule has 0 amide bonds. The van der Waals surface area contributed by atoms with Crippen LogP contribution in [0.25, 0.3) is 0 Å². The predicted octanol–water partition coefficient (Wildman–Crippen LogP) is 3.59. The highest BCUT2D eigenvalue weighted by Crippen LogP contribution is 2.44. The van der Waals surface area contributed by atoms with Crippen LogP contribution in [0.3, 0.4) is 0 Å². The molecule has 0 radical (unpaired) electrons. The van der Waals surface area contributed by atoms with Gasteiger partial charge in [-0.3, -0.25) is 5.41 Å². The maximum atomic E-state index is 7.55. The van der Waals surface area contributed by atoms with Gasteiger partial charge in [0.1, 0.15) is 0 Å². The summed E-state index contributed by atoms with van der Waals surface area (Å²) in [7, 11) is 0. The summed E-state index contributed by atoms with van der Waals surface area (Å²) in [5.74, 6) is 0.307. The third-order valence-electron chi connectivity index (χ3n) is 3.53. The molecule has 3 N–H and O–H groups in total. The lowest BCUT2D eigenvalue weighted by Crippen LogP contribution is -2.29. The number of hydrogen-bond acceptors (Lipinski definition) is 1. The molecule has 0 unspecified atom stereocenters. The van der Waals surface area contributed by atoms with E-state index in [1.165, 1.54) is 18.4 Å². The van der Waals surface area contributed by atoms with E-state index in [0.717, 1.165) is 17.3 Å². The number of amidine groups is 1. The van der Waals surface area contributed by atoms with Crippen LogP contribution in [0.1, 0.15) is 37.7 Å². The van der Waals surface area contributed by atoms with Gasteiger partial charge in [-0.25, -0.2) is 0 Å². The van der Waals surface area contributed by atoms with Crippen molar-refractivity contribution in [2.45, 2.75) is 37.5 Å². The first-order chi connectivity index (χ1) is 7.62. The fraction of sp³-hybridized carbons (Fsp3) is 0.462. The van der Waals surface area contributed by atoms with Gasteiger partial charge in [-0.15, -0.1) is 0 Å². The summed E-state index contributed by atoms with van der Waals surface area (Å²) in [6.07, 6.45) is 5.51. The van der Waals surface area contributed by atoms with Crippen LogP contribution in [0, 0.1) is 5.41 Å². The number of halogens is 1. The lowest BCUT2D eigenvalue weighted by Gasteiger charge is -2.29. The zero-order valence-corrected chi connectivity index (χ0v) is 10.9. The van der Waals surface area contributed by atoms with Crippen molar-refractivity contribution in [2.75, 3.05) is 0 Å². The maximum Gasteiger partial charge on any atom is 0.0914 e. The van der Waals surface area contributed by atoms with Crippen LogP contribution in [0.15, 0.2) is 28.7 Å². The SMILES string of the molecule is N=C(N)CC1(c2cccc(Br)c2)CCCC1. The Hall–Kier alpha value is -0.830. The van der Waals surface area contributed by atoms with Crippen LogP contribution >= 0.6 is 15.9 Å². The summed E-state index contributed by atoms with van der Waals surface area (Å²) in [6.45, 7) is 0. The minimum absolute atomic E-state index is 0.121. The summed E-state index contributed by atoms with van der Waals surface area (Å²) in [6, 6.07) is 8.45. The second-order valence-corrected chi connectivity index (χ2v) is 5.62. The van der Waals surface area contributed by atoms with Crippen LogP contribution in [0.2, 0.25) is 0 Å². The minimum atomic E-state index is 0.121. The van der Waals surface area contributed by atoms with Gasteiger partial charge < -0.3 is 5.73 Å². The Morgan fingerprint density at radius 1 is 1.38 bits per heavy atom. The molecule has 1 aliphatic carbocycles. The molecule has 0 heterocycles. The van der Waals surface area contributed by atoms with Gasteiger partial charge in [0.05, 0.1) is 5.84 Å². The van der Waals surface area contributed by atoms with Crippen molar-refractivity contribution >= 4 is 21.8 Å². The van der Waals surface area contributed by atoms with Gasteiger partial charge in [0.25, 0.3) is 0 Å². The molecule has 0 spiro atoms. The van der Waals surface area contributed by atoms with E-state index in [2.05, 4.69) is 34.1 Å². The molecule has 1 aromatic rings. The largest absolute Gasteiger partial charge is 0.388 e. The van der Waals surface area contributed by atoms with E-state index in [1.807, 2.05) is 6.07 Å². The standard InChI is InChI=1S/C13H17BrN2/c14-11-5-3-4-10(8-11)13(9-12(15)16)6-1-2-7-13/h3-5,8H,1-2,6-7,9H2,(H3,15,16). The van der Waals surface area contributed by atoms with Crippen molar-refractivity contribution < 1.29 is 0 Å². The molecule has 0 aromatic heterocycles. The van der Waals surface area contributed by atoms with E-state index in [-0.39, 0.29) is 5.41 Å². The van der Waals surface area contributed by atoms with Crippen molar-refractivity contribution in [3.63, 3.8) is 0 Å². The van der Waals surface area contributed by atoms with Gasteiger partial charge in [-0.2, -0.15) is 0 Å². The molecule has 1 saturated carbocycles. The van der Waals surface area contributed by atoms with Gasteiger partial charge in [0.2, 0.25) is 0 Å². The third kappa shape index (κ3) is 2.29. The van der Waals surface area contributed by atoms with Crippen molar-refractivity contribution in [3.8, 4) is 0 Å². The molecular weight excluding hydrogens is 264 g/mol. The molecule has 2 nitrogen and oxygen atoms in total. The highest BCUT2D eigenvalue weighted by atomic mass is 79.9. The highest BCUT2D eigenvalue weighted by Gasteiger charge is 2.36. The molecular formula is C13H17BrN2. The summed E-state index contributed by atoms with van der Waals surface area (Å²) in [4.78, 5) is 0. The number of hydrogen-bond donors (Lipinski definition) is 2. The Morgan fingerprint density at radius 3 is 2.62 bits per heavy atom. The van der Waals surface area contributed by atoms with E-state index in [4.69, 9.17) is 11.1 Å². The van der Waals surface area contributed by atoms with Crippen molar-refractivity contribution in [1.29, 1.82) is 5.41 Å². The van der Waals surface area contributed by atoms with Gasteiger partial charge in [-0.1, -0.05) is 40.9 Å². The molecule has 3 heteroatoms. The van der Waals surface area contributed by atoms with Crippen molar-refractivity contribution in [3.05, 3.63) is 34.3 Å². The summed E-state index contributed by atoms with van der Waals surface area (Å²) in [5.41, 5.74) is 7.05. The average Bonchev–Trinajstić information content (AvgIpc) is 2.66. The number of rotatable bonds is 3. The number of nitrogens with two attached hydrogens (primary N) is 1. The van der Waals surface area contributed by atoms with E-state index in [1.54, 1.807) is 0 Å². The van der Waals surface area contributed by atoms with E-state index in [9.17, 15) is 0 Å². The molecule has 0 saturated heterocycles. The zero-order chi connectivity index (χ0) is 11.6. The first-order valence-corrected chi connectivity index (χ1v) is 6.51. The lowest BCUT2D eigenvalue weighted by atomic mass is 9.76. The molecule has 0 atom stereocenters. The Bertz CT molecular complexity index is 395. The maximum absolute atomic E-state index is 7.55. The van der Waals surface area contributed by atoms with Crippen LogP contribution in [-0.4, -0.2) is 5.84 Å². The monoisotopic (exact) mass is 280 g/mol. The first kappa shape index (κ1) is 11.6. The third-order valence-corrected chi connectivity index (χ3v) is 4.02. The molecule has 0 bridgehead atoms. The van der Waals surface area contributed by atoms with Crippen molar-refractivity contribution in [2.24, 2.45) is 5.73 Å². The van der Waals surface area contributed by atoms with Gasteiger partial charge in [0.15, 0.2) is 0 Å². The fourth-order valence-electron chi connectivity index (χ4n) is 2.80. The normalized spacial score (nSPS) is 18.6. The minimum Gasteiger partial charge on any atom is -0.388 e. The van der Waals surface area contributed by atoms with Gasteiger partial charge >= 0.3 is 0 Å². The van der Waals surface area contributed by atoms with Crippen molar-refractivity contribution in [1.82, 2.24) is 0 Å². The van der Waals surface area contributed by atoms with Gasteiger partial charge in [-0.05, 0) is 30.5 Å². The zero-order valence-electron chi connectivity index (χ0n) is 9.30. The summed E-state index contributed by atoms with van der Waals surface area (Å²) in [5, 5.41) is 7.55. The molecule has 2 rings (SSSR count). The molecule has 1 aliphatic rings. The van der Waals surface area contributed by atoms with Gasteiger partial charge in [0, 0.05) is 16.3 Å². The fourth-order valence-corrected chi connectivity index (χ4v) is 3.20. The van der Waals surface area contributed by atoms with Crippen LogP contribution in [0.4, 0.5) is 0 Å². The Balaban J connectivity index is 2.35.